The maximum absolute atomic E-state index is 12.9. The number of carbonyl (C=O) groups is 1. The normalized spacial score (nSPS) is 24.5. The van der Waals surface area contributed by atoms with Crippen LogP contribution in [0, 0.1) is 17.7 Å². The Bertz CT molecular complexity index is 573. The van der Waals surface area contributed by atoms with E-state index in [0.29, 0.717) is 24.8 Å². The van der Waals surface area contributed by atoms with Crippen LogP contribution in [0.15, 0.2) is 24.3 Å². The number of hydrogen-bond acceptors (Lipinski definition) is 4. The first-order valence-electron chi connectivity index (χ1n) is 9.65. The molecule has 0 bridgehead atoms. The lowest BCUT2D eigenvalue weighted by Crippen LogP contribution is -2.36. The van der Waals surface area contributed by atoms with Crippen LogP contribution in [0.4, 0.5) is 4.39 Å². The third kappa shape index (κ3) is 5.17. The maximum atomic E-state index is 12.9. The third-order valence-corrected chi connectivity index (χ3v) is 5.53. The van der Waals surface area contributed by atoms with E-state index in [1.165, 1.54) is 49.9 Å². The Labute approximate surface area is 154 Å². The molecule has 0 aromatic heterocycles. The lowest BCUT2D eigenvalue weighted by Gasteiger charge is -2.26. The molecule has 2 fully saturated rings. The van der Waals surface area contributed by atoms with Gasteiger partial charge in [0.2, 0.25) is 0 Å². The second kappa shape index (κ2) is 9.33. The van der Waals surface area contributed by atoms with E-state index in [1.54, 1.807) is 4.90 Å². The summed E-state index contributed by atoms with van der Waals surface area (Å²) in [5.41, 5.74) is 0. The fourth-order valence-corrected chi connectivity index (χ4v) is 3.97. The van der Waals surface area contributed by atoms with Gasteiger partial charge in [-0.1, -0.05) is 12.8 Å². The van der Waals surface area contributed by atoms with Crippen molar-refractivity contribution < 1.29 is 19.0 Å². The number of rotatable bonds is 6. The quantitative estimate of drug-likeness (QED) is 0.840. The summed E-state index contributed by atoms with van der Waals surface area (Å²) < 4.78 is 18.4. The molecule has 2 aliphatic heterocycles. The second-order valence-corrected chi connectivity index (χ2v) is 7.46. The summed E-state index contributed by atoms with van der Waals surface area (Å²) in [6.07, 6.45) is 5.08. The lowest BCUT2D eigenvalue weighted by atomic mass is 9.96. The van der Waals surface area contributed by atoms with Crippen LogP contribution in [0.25, 0.3) is 0 Å². The molecule has 1 aromatic carbocycles. The molecule has 0 radical (unpaired) electrons. The van der Waals surface area contributed by atoms with Gasteiger partial charge in [0.15, 0.2) is 6.61 Å². The van der Waals surface area contributed by atoms with Crippen molar-refractivity contribution in [2.45, 2.75) is 25.7 Å². The number of nitrogens with zero attached hydrogens (tertiary/aromatic N) is 2. The first-order valence-corrected chi connectivity index (χ1v) is 9.65. The van der Waals surface area contributed by atoms with Gasteiger partial charge in [0.1, 0.15) is 11.6 Å². The van der Waals surface area contributed by atoms with Crippen LogP contribution in [-0.4, -0.2) is 66.8 Å². The average Bonchev–Trinajstić information content (AvgIpc) is 2.88. The monoisotopic (exact) mass is 364 g/mol. The predicted octanol–water partition coefficient (Wildman–Crippen LogP) is 2.15. The van der Waals surface area contributed by atoms with E-state index in [-0.39, 0.29) is 30.9 Å². The van der Waals surface area contributed by atoms with E-state index in [2.05, 4.69) is 4.90 Å². The Morgan fingerprint density at radius 3 is 2.38 bits per heavy atom. The summed E-state index contributed by atoms with van der Waals surface area (Å²) in [6.45, 7) is 4.51. The van der Waals surface area contributed by atoms with E-state index >= 15 is 0 Å². The van der Waals surface area contributed by atoms with Crippen LogP contribution >= 0.6 is 0 Å². The van der Waals surface area contributed by atoms with Gasteiger partial charge in [-0.05, 0) is 56.1 Å². The van der Waals surface area contributed by atoms with Crippen LogP contribution in [0.5, 0.6) is 5.75 Å². The number of hydrogen-bond donors (Lipinski definition) is 1. The molecule has 6 heteroatoms. The topological polar surface area (TPSA) is 53.0 Å². The smallest absolute Gasteiger partial charge is 0.260 e. The first-order chi connectivity index (χ1) is 12.7. The molecule has 5 nitrogen and oxygen atoms in total. The molecule has 0 saturated carbocycles. The van der Waals surface area contributed by atoms with Crippen LogP contribution in [0.1, 0.15) is 25.7 Å². The van der Waals surface area contributed by atoms with E-state index in [1.807, 2.05) is 0 Å². The van der Waals surface area contributed by atoms with E-state index < -0.39 is 0 Å². The minimum absolute atomic E-state index is 0.0553. The molecule has 26 heavy (non-hydrogen) atoms. The maximum Gasteiger partial charge on any atom is 0.260 e. The molecular weight excluding hydrogens is 335 g/mol. The second-order valence-electron chi connectivity index (χ2n) is 7.46. The van der Waals surface area contributed by atoms with Gasteiger partial charge in [-0.15, -0.1) is 0 Å². The van der Waals surface area contributed by atoms with Crippen molar-refractivity contribution in [1.29, 1.82) is 0 Å². The molecule has 2 saturated heterocycles. The van der Waals surface area contributed by atoms with E-state index in [4.69, 9.17) is 4.74 Å². The predicted molar refractivity (Wildman–Crippen MR) is 97.4 cm³/mol. The van der Waals surface area contributed by atoms with Crippen molar-refractivity contribution in [3.05, 3.63) is 30.1 Å². The zero-order chi connectivity index (χ0) is 18.4. The highest BCUT2D eigenvalue weighted by Crippen LogP contribution is 2.25. The summed E-state index contributed by atoms with van der Waals surface area (Å²) in [4.78, 5) is 16.8. The summed E-state index contributed by atoms with van der Waals surface area (Å²) >= 11 is 0. The van der Waals surface area contributed by atoms with Crippen LogP contribution in [-0.2, 0) is 4.79 Å². The number of carbonyl (C=O) groups excluding carboxylic acids is 1. The SMILES string of the molecule is O=C(COc1ccc(F)cc1)N1C[C@@H](CN2CCCCCC2)[C@@H](CO)C1. The van der Waals surface area contributed by atoms with Gasteiger partial charge >= 0.3 is 0 Å². The number of halogens is 1. The molecule has 1 amide bonds. The highest BCUT2D eigenvalue weighted by Gasteiger charge is 2.35. The molecule has 0 unspecified atom stereocenters. The van der Waals surface area contributed by atoms with Crippen LogP contribution < -0.4 is 4.74 Å². The molecule has 144 valence electrons. The van der Waals surface area contributed by atoms with Crippen molar-refractivity contribution in [2.24, 2.45) is 11.8 Å². The van der Waals surface area contributed by atoms with Gasteiger partial charge < -0.3 is 19.6 Å². The fraction of sp³-hybridized carbons (Fsp3) is 0.650. The van der Waals surface area contributed by atoms with Gasteiger partial charge in [-0.25, -0.2) is 4.39 Å². The minimum atomic E-state index is -0.328. The van der Waals surface area contributed by atoms with Gasteiger partial charge in [0.05, 0.1) is 0 Å². The Morgan fingerprint density at radius 1 is 1.08 bits per heavy atom. The highest BCUT2D eigenvalue weighted by molar-refractivity contribution is 5.78. The zero-order valence-corrected chi connectivity index (χ0v) is 15.3. The molecule has 3 rings (SSSR count). The minimum Gasteiger partial charge on any atom is -0.484 e. The number of aliphatic hydroxyl groups excluding tert-OH is 1. The zero-order valence-electron chi connectivity index (χ0n) is 15.3. The number of amides is 1. The molecule has 1 aromatic rings. The summed E-state index contributed by atoms with van der Waals surface area (Å²) in [5, 5.41) is 9.73. The average molecular weight is 364 g/mol. The summed E-state index contributed by atoms with van der Waals surface area (Å²) in [5.74, 6) is 0.524. The van der Waals surface area contributed by atoms with Crippen LogP contribution in [0.3, 0.4) is 0 Å². The highest BCUT2D eigenvalue weighted by atomic mass is 19.1. The summed E-state index contributed by atoms with van der Waals surface area (Å²) in [7, 11) is 0. The Balaban J connectivity index is 1.50. The summed E-state index contributed by atoms with van der Waals surface area (Å²) in [6, 6.07) is 5.67. The molecule has 0 spiro atoms. The van der Waals surface area contributed by atoms with E-state index in [0.717, 1.165) is 19.6 Å². The third-order valence-electron chi connectivity index (χ3n) is 5.53. The van der Waals surface area contributed by atoms with E-state index in [9.17, 15) is 14.3 Å². The number of benzene rings is 1. The number of aliphatic hydroxyl groups is 1. The first kappa shape index (κ1) is 19.1. The van der Waals surface area contributed by atoms with Crippen molar-refractivity contribution in [2.75, 3.05) is 45.9 Å². The van der Waals surface area contributed by atoms with Gasteiger partial charge in [-0.2, -0.15) is 0 Å². The van der Waals surface area contributed by atoms with Crippen molar-refractivity contribution in [3.8, 4) is 5.75 Å². The largest absolute Gasteiger partial charge is 0.484 e. The Kier molecular flexibility index (Phi) is 6.86. The fourth-order valence-electron chi connectivity index (χ4n) is 3.97. The molecule has 2 aliphatic rings. The standard InChI is InChI=1S/C20H29FN2O3/c21-18-5-7-19(8-6-18)26-15-20(25)23-12-16(17(13-23)14-24)11-22-9-3-1-2-4-10-22/h5-8,16-17,24H,1-4,9-15H2/t16-,17-/m1/s1. The van der Waals surface area contributed by atoms with Crippen molar-refractivity contribution >= 4 is 5.91 Å². The molecule has 1 N–H and O–H groups in total. The Hall–Kier alpha value is -1.66. The lowest BCUT2D eigenvalue weighted by molar-refractivity contribution is -0.132. The van der Waals surface area contributed by atoms with Crippen molar-refractivity contribution in [1.82, 2.24) is 9.80 Å². The van der Waals surface area contributed by atoms with Gasteiger partial charge in [0, 0.05) is 32.2 Å². The molecule has 2 atom stereocenters. The van der Waals surface area contributed by atoms with Crippen molar-refractivity contribution in [3.63, 3.8) is 0 Å². The Morgan fingerprint density at radius 2 is 1.73 bits per heavy atom. The van der Waals surface area contributed by atoms with Gasteiger partial charge in [-0.3, -0.25) is 4.79 Å². The van der Waals surface area contributed by atoms with Crippen LogP contribution in [0.2, 0.25) is 0 Å². The molecule has 2 heterocycles. The number of likely N-dealkylation sites (tertiary alicyclic amines) is 2. The number of ether oxygens (including phenoxy) is 1. The molecular formula is C20H29FN2O3. The molecule has 0 aliphatic carbocycles. The van der Waals surface area contributed by atoms with Gasteiger partial charge in [0.25, 0.3) is 5.91 Å².